The number of morpholine rings is 1. The minimum Gasteiger partial charge on any atom is -0.380 e. The van der Waals surface area contributed by atoms with Crippen LogP contribution in [0.4, 0.5) is 29.1 Å². The smallest absolute Gasteiger partial charge is 0.380 e. The number of nitrogens with zero attached hydrogens (tertiary/aromatic N) is 4. The zero-order chi connectivity index (χ0) is 29.4. The van der Waals surface area contributed by atoms with Gasteiger partial charge in [-0.2, -0.15) is 18.3 Å². The second kappa shape index (κ2) is 10.9. The first-order valence-electron chi connectivity index (χ1n) is 13.0. The summed E-state index contributed by atoms with van der Waals surface area (Å²) >= 11 is 0. The molecule has 3 heterocycles. The van der Waals surface area contributed by atoms with Crippen molar-refractivity contribution in [3.63, 3.8) is 0 Å². The summed E-state index contributed by atoms with van der Waals surface area (Å²) < 4.78 is 67.4. The highest BCUT2D eigenvalue weighted by molar-refractivity contribution is 6.04. The SMILES string of the molecule is Nc1noc2ccc(-n3nc(C(F)(F)F)cc3C(=O)Nc3ccc(-c4ccccc4CN4CCOCC4)cc3F)cc12. The molecular weight excluding hydrogens is 556 g/mol. The van der Waals surface area contributed by atoms with E-state index >= 15 is 4.39 Å². The first kappa shape index (κ1) is 27.4. The molecule has 0 saturated carbocycles. The molecule has 13 heteroatoms. The fourth-order valence-electron chi connectivity index (χ4n) is 4.87. The lowest BCUT2D eigenvalue weighted by Crippen LogP contribution is -2.35. The van der Waals surface area contributed by atoms with E-state index in [1.54, 1.807) is 6.07 Å². The van der Waals surface area contributed by atoms with Crippen LogP contribution in [0, 0.1) is 5.82 Å². The Labute approximate surface area is 236 Å². The van der Waals surface area contributed by atoms with E-state index in [0.717, 1.165) is 28.9 Å². The van der Waals surface area contributed by atoms with Gasteiger partial charge < -0.3 is 20.3 Å². The molecule has 0 unspecified atom stereocenters. The number of alkyl halides is 3. The first-order valence-corrected chi connectivity index (χ1v) is 13.0. The molecule has 1 aliphatic heterocycles. The standard InChI is InChI=1S/C29H24F4N6O3/c30-22-13-17(20-4-2-1-3-18(20)16-38-9-11-41-12-10-38)5-7-23(22)35-28(40)24-15-26(29(31,32)33)36-39(24)19-6-8-25-21(14-19)27(34)37-42-25/h1-8,13-15H,9-12,16H2,(H2,34,37)(H,35,40). The number of fused-ring (bicyclic) bond motifs is 1. The molecule has 0 atom stereocenters. The van der Waals surface area contributed by atoms with Gasteiger partial charge in [-0.15, -0.1) is 0 Å². The number of carbonyl (C=O) groups is 1. The molecule has 0 spiro atoms. The van der Waals surface area contributed by atoms with Crippen LogP contribution in [0.3, 0.4) is 0 Å². The van der Waals surface area contributed by atoms with Crippen LogP contribution in [-0.4, -0.2) is 52.0 Å². The van der Waals surface area contributed by atoms with Gasteiger partial charge in [0.1, 0.15) is 11.5 Å². The first-order chi connectivity index (χ1) is 20.2. The van der Waals surface area contributed by atoms with Gasteiger partial charge in [0.25, 0.3) is 5.91 Å². The number of anilines is 2. The van der Waals surface area contributed by atoms with Gasteiger partial charge >= 0.3 is 6.18 Å². The summed E-state index contributed by atoms with van der Waals surface area (Å²) in [6, 6.07) is 16.8. The molecule has 2 aromatic heterocycles. The predicted octanol–water partition coefficient (Wildman–Crippen LogP) is 5.51. The second-order valence-corrected chi connectivity index (χ2v) is 9.77. The largest absolute Gasteiger partial charge is 0.435 e. The predicted molar refractivity (Wildman–Crippen MR) is 146 cm³/mol. The third-order valence-corrected chi connectivity index (χ3v) is 7.00. The molecule has 1 fully saturated rings. The quantitative estimate of drug-likeness (QED) is 0.255. The van der Waals surface area contributed by atoms with Crippen LogP contribution in [0.1, 0.15) is 21.7 Å². The Morgan fingerprint density at radius 2 is 1.81 bits per heavy atom. The van der Waals surface area contributed by atoms with Crippen molar-refractivity contribution in [2.24, 2.45) is 0 Å². The Balaban J connectivity index is 1.29. The molecule has 0 bridgehead atoms. The maximum atomic E-state index is 15.3. The van der Waals surface area contributed by atoms with E-state index in [1.807, 2.05) is 24.3 Å². The molecule has 6 rings (SSSR count). The Morgan fingerprint density at radius 3 is 2.57 bits per heavy atom. The van der Waals surface area contributed by atoms with Crippen molar-refractivity contribution in [1.29, 1.82) is 0 Å². The minimum atomic E-state index is -4.83. The molecule has 1 amide bonds. The number of amides is 1. The van der Waals surface area contributed by atoms with Gasteiger partial charge in [0.2, 0.25) is 0 Å². The molecular formula is C29H24F4N6O3. The summed E-state index contributed by atoms with van der Waals surface area (Å²) in [5.41, 5.74) is 6.67. The molecule has 1 aliphatic rings. The van der Waals surface area contributed by atoms with Crippen molar-refractivity contribution in [2.75, 3.05) is 37.4 Å². The van der Waals surface area contributed by atoms with Gasteiger partial charge in [-0.3, -0.25) is 9.69 Å². The molecule has 0 aliphatic carbocycles. The molecule has 3 aromatic carbocycles. The topological polar surface area (TPSA) is 111 Å². The van der Waals surface area contributed by atoms with Crippen molar-refractivity contribution in [1.82, 2.24) is 19.8 Å². The van der Waals surface area contributed by atoms with Crippen molar-refractivity contribution >= 4 is 28.4 Å². The maximum absolute atomic E-state index is 15.3. The Kier molecular flexibility index (Phi) is 7.12. The zero-order valence-electron chi connectivity index (χ0n) is 22.0. The molecule has 9 nitrogen and oxygen atoms in total. The van der Waals surface area contributed by atoms with Crippen molar-refractivity contribution in [3.05, 3.63) is 89.5 Å². The second-order valence-electron chi connectivity index (χ2n) is 9.77. The van der Waals surface area contributed by atoms with Gasteiger partial charge in [0.05, 0.1) is 30.0 Å². The average molecular weight is 581 g/mol. The summed E-state index contributed by atoms with van der Waals surface area (Å²) in [5, 5.41) is 9.94. The lowest BCUT2D eigenvalue weighted by Gasteiger charge is -2.27. The molecule has 0 radical (unpaired) electrons. The molecule has 216 valence electrons. The van der Waals surface area contributed by atoms with E-state index in [2.05, 4.69) is 20.5 Å². The summed E-state index contributed by atoms with van der Waals surface area (Å²) in [6.07, 6.45) is -4.83. The third-order valence-electron chi connectivity index (χ3n) is 7.00. The monoisotopic (exact) mass is 580 g/mol. The number of nitrogen functional groups attached to an aromatic ring is 1. The number of nitrogens with one attached hydrogen (secondary N) is 1. The van der Waals surface area contributed by atoms with E-state index in [-0.39, 0.29) is 17.2 Å². The third kappa shape index (κ3) is 5.43. The van der Waals surface area contributed by atoms with Crippen molar-refractivity contribution < 1.29 is 31.6 Å². The van der Waals surface area contributed by atoms with Crippen LogP contribution in [0.2, 0.25) is 0 Å². The van der Waals surface area contributed by atoms with Gasteiger partial charge in [-0.25, -0.2) is 9.07 Å². The molecule has 3 N–H and O–H groups in total. The van der Waals surface area contributed by atoms with Gasteiger partial charge in [-0.05, 0) is 47.0 Å². The number of benzene rings is 3. The zero-order valence-corrected chi connectivity index (χ0v) is 22.0. The fourth-order valence-corrected chi connectivity index (χ4v) is 4.87. The van der Waals surface area contributed by atoms with Crippen LogP contribution >= 0.6 is 0 Å². The van der Waals surface area contributed by atoms with Gasteiger partial charge in [0.15, 0.2) is 17.1 Å². The van der Waals surface area contributed by atoms with Crippen LogP contribution in [0.25, 0.3) is 27.8 Å². The number of aromatic nitrogens is 3. The van der Waals surface area contributed by atoms with Crippen LogP contribution in [0.15, 0.2) is 71.3 Å². The summed E-state index contributed by atoms with van der Waals surface area (Å²) in [6.45, 7) is 3.55. The number of rotatable bonds is 6. The number of hydrogen-bond acceptors (Lipinski definition) is 7. The Hall–Kier alpha value is -4.75. The molecule has 1 saturated heterocycles. The molecule has 42 heavy (non-hydrogen) atoms. The maximum Gasteiger partial charge on any atom is 0.435 e. The highest BCUT2D eigenvalue weighted by Gasteiger charge is 2.36. The number of ether oxygens (including phenoxy) is 1. The highest BCUT2D eigenvalue weighted by atomic mass is 19.4. The van der Waals surface area contributed by atoms with Gasteiger partial charge in [0, 0.05) is 25.7 Å². The van der Waals surface area contributed by atoms with Crippen molar-refractivity contribution in [3.8, 4) is 16.8 Å². The van der Waals surface area contributed by atoms with Crippen LogP contribution < -0.4 is 11.1 Å². The number of carbonyl (C=O) groups excluding carboxylic acids is 1. The summed E-state index contributed by atoms with van der Waals surface area (Å²) in [5.74, 6) is -1.71. The fraction of sp³-hybridized carbons (Fsp3) is 0.207. The van der Waals surface area contributed by atoms with E-state index < -0.39 is 29.3 Å². The normalized spacial score (nSPS) is 14.4. The number of halogens is 4. The van der Waals surface area contributed by atoms with Crippen molar-refractivity contribution in [2.45, 2.75) is 12.7 Å². The lowest BCUT2D eigenvalue weighted by molar-refractivity contribution is -0.141. The average Bonchev–Trinajstić information content (AvgIpc) is 3.59. The number of hydrogen-bond donors (Lipinski definition) is 2. The minimum absolute atomic E-state index is 0.0229. The van der Waals surface area contributed by atoms with E-state index in [0.29, 0.717) is 42.4 Å². The Bertz CT molecular complexity index is 1780. The molecule has 5 aromatic rings. The summed E-state index contributed by atoms with van der Waals surface area (Å²) in [4.78, 5) is 15.5. The van der Waals surface area contributed by atoms with Crippen LogP contribution in [0.5, 0.6) is 0 Å². The van der Waals surface area contributed by atoms with E-state index in [4.69, 9.17) is 15.0 Å². The van der Waals surface area contributed by atoms with Gasteiger partial charge in [-0.1, -0.05) is 35.5 Å². The van der Waals surface area contributed by atoms with E-state index in [9.17, 15) is 18.0 Å². The summed E-state index contributed by atoms with van der Waals surface area (Å²) in [7, 11) is 0. The Morgan fingerprint density at radius 1 is 1.02 bits per heavy atom. The van der Waals surface area contributed by atoms with Crippen LogP contribution in [-0.2, 0) is 17.5 Å². The lowest BCUT2D eigenvalue weighted by atomic mass is 9.98. The van der Waals surface area contributed by atoms with E-state index in [1.165, 1.54) is 30.3 Å². The number of nitrogens with two attached hydrogens (primary N) is 1. The highest BCUT2D eigenvalue weighted by Crippen LogP contribution is 2.32.